The van der Waals surface area contributed by atoms with E-state index in [9.17, 15) is 13.2 Å². The Bertz CT molecular complexity index is 560. The summed E-state index contributed by atoms with van der Waals surface area (Å²) in [5, 5.41) is 17.6. The lowest BCUT2D eigenvalue weighted by molar-refractivity contribution is -0.141. The van der Waals surface area contributed by atoms with Gasteiger partial charge in [-0.3, -0.25) is 0 Å². The van der Waals surface area contributed by atoms with Crippen LogP contribution in [0.5, 0.6) is 0 Å². The second-order valence-corrected chi connectivity index (χ2v) is 4.07. The third-order valence-corrected chi connectivity index (χ3v) is 2.64. The van der Waals surface area contributed by atoms with Gasteiger partial charge in [-0.05, 0) is 12.1 Å². The lowest BCUT2D eigenvalue weighted by Crippen LogP contribution is -2.30. The van der Waals surface area contributed by atoms with Crippen molar-refractivity contribution in [3.8, 4) is 12.1 Å². The van der Waals surface area contributed by atoms with Crippen molar-refractivity contribution in [3.05, 3.63) is 23.4 Å². The molecule has 0 radical (unpaired) electrons. The molecule has 1 aromatic rings. The summed E-state index contributed by atoms with van der Waals surface area (Å²) in [6.45, 7) is 0.651. The first-order chi connectivity index (χ1) is 9.93. The zero-order valence-corrected chi connectivity index (χ0v) is 11.3. The number of hydrogen-bond acceptors (Lipinski definition) is 5. The number of hydrogen-bond donors (Lipinski definition) is 0. The summed E-state index contributed by atoms with van der Waals surface area (Å²) in [6, 6.07) is 5.57. The monoisotopic (exact) mass is 298 g/mol. The third-order valence-electron chi connectivity index (χ3n) is 2.64. The van der Waals surface area contributed by atoms with Crippen LogP contribution in [0.2, 0.25) is 0 Å². The van der Waals surface area contributed by atoms with E-state index in [2.05, 4.69) is 4.98 Å². The predicted octanol–water partition coefficient (Wildman–Crippen LogP) is 2.34. The van der Waals surface area contributed by atoms with Gasteiger partial charge in [-0.2, -0.15) is 23.7 Å². The van der Waals surface area contributed by atoms with Gasteiger partial charge in [0, 0.05) is 20.2 Å². The van der Waals surface area contributed by atoms with Crippen LogP contribution in [0.4, 0.5) is 19.0 Å². The zero-order valence-electron chi connectivity index (χ0n) is 11.3. The van der Waals surface area contributed by atoms with E-state index in [-0.39, 0.29) is 37.5 Å². The van der Waals surface area contributed by atoms with Crippen LogP contribution in [-0.2, 0) is 10.9 Å². The molecule has 0 spiro atoms. The Morgan fingerprint density at radius 3 is 2.52 bits per heavy atom. The van der Waals surface area contributed by atoms with E-state index in [4.69, 9.17) is 15.3 Å². The number of alkyl halides is 3. The first-order valence-corrected chi connectivity index (χ1v) is 6.03. The number of ether oxygens (including phenoxy) is 1. The molecule has 1 aromatic heterocycles. The quantitative estimate of drug-likeness (QED) is 0.806. The Hall–Kier alpha value is -2.32. The Morgan fingerprint density at radius 1 is 1.29 bits per heavy atom. The van der Waals surface area contributed by atoms with Gasteiger partial charge in [0.15, 0.2) is 0 Å². The number of anilines is 1. The average molecular weight is 298 g/mol. The van der Waals surface area contributed by atoms with Gasteiger partial charge in [-0.25, -0.2) is 4.98 Å². The maximum absolute atomic E-state index is 12.7. The van der Waals surface area contributed by atoms with Crippen LogP contribution in [-0.4, -0.2) is 31.8 Å². The van der Waals surface area contributed by atoms with Gasteiger partial charge >= 0.3 is 6.18 Å². The van der Waals surface area contributed by atoms with E-state index in [1.165, 1.54) is 12.0 Å². The molecule has 0 unspecified atom stereocenters. The molecule has 0 aliphatic rings. The summed E-state index contributed by atoms with van der Waals surface area (Å²) in [6.07, 6.45) is -4.49. The topological polar surface area (TPSA) is 72.9 Å². The number of aromatic nitrogens is 1. The lowest BCUT2D eigenvalue weighted by atomic mass is 10.2. The largest absolute Gasteiger partial charge is 0.433 e. The summed E-state index contributed by atoms with van der Waals surface area (Å²) in [4.78, 5) is 4.98. The van der Waals surface area contributed by atoms with Crippen LogP contribution in [0, 0.1) is 22.7 Å². The van der Waals surface area contributed by atoms with Crippen molar-refractivity contribution in [3.63, 3.8) is 0 Å². The maximum atomic E-state index is 12.7. The molecule has 0 amide bonds. The van der Waals surface area contributed by atoms with E-state index in [0.717, 1.165) is 12.1 Å². The van der Waals surface area contributed by atoms with E-state index in [0.29, 0.717) is 0 Å². The molecule has 0 aromatic carbocycles. The third kappa shape index (κ3) is 4.62. The molecule has 0 N–H and O–H groups in total. The molecule has 1 heterocycles. The molecule has 8 heteroatoms. The fourth-order valence-corrected chi connectivity index (χ4v) is 1.64. The molecule has 0 saturated heterocycles. The molecule has 0 atom stereocenters. The number of rotatable bonds is 6. The van der Waals surface area contributed by atoms with Gasteiger partial charge < -0.3 is 9.64 Å². The Morgan fingerprint density at radius 2 is 2.00 bits per heavy atom. The van der Waals surface area contributed by atoms with Gasteiger partial charge in [0.05, 0.1) is 24.7 Å². The first-order valence-electron chi connectivity index (χ1n) is 6.03. The minimum Gasteiger partial charge on any atom is -0.383 e. The molecule has 0 aliphatic heterocycles. The predicted molar refractivity (Wildman–Crippen MR) is 68.3 cm³/mol. The first kappa shape index (κ1) is 16.7. The molecule has 112 valence electrons. The molecule has 0 aliphatic carbocycles. The van der Waals surface area contributed by atoms with Crippen LogP contribution in [0.3, 0.4) is 0 Å². The van der Waals surface area contributed by atoms with Crippen molar-refractivity contribution >= 4 is 5.82 Å². The minimum atomic E-state index is -4.59. The molecular formula is C13H13F3N4O. The van der Waals surface area contributed by atoms with Crippen molar-refractivity contribution in [2.24, 2.45) is 0 Å². The van der Waals surface area contributed by atoms with Crippen molar-refractivity contribution in [1.82, 2.24) is 4.98 Å². The van der Waals surface area contributed by atoms with E-state index >= 15 is 0 Å². The fraction of sp³-hybridized carbons (Fsp3) is 0.462. The van der Waals surface area contributed by atoms with Crippen molar-refractivity contribution < 1.29 is 17.9 Å². The van der Waals surface area contributed by atoms with Gasteiger partial charge in [0.25, 0.3) is 0 Å². The Balaban J connectivity index is 3.20. The van der Waals surface area contributed by atoms with Gasteiger partial charge in [0.1, 0.15) is 17.6 Å². The molecule has 0 bridgehead atoms. The summed E-state index contributed by atoms with van der Waals surface area (Å²) in [5.74, 6) is -0.0837. The van der Waals surface area contributed by atoms with Crippen LogP contribution < -0.4 is 4.90 Å². The number of halogens is 3. The summed E-state index contributed by atoms with van der Waals surface area (Å²) in [7, 11) is 1.45. The fourth-order valence-electron chi connectivity index (χ4n) is 1.64. The van der Waals surface area contributed by atoms with Gasteiger partial charge in [-0.15, -0.1) is 0 Å². The normalized spacial score (nSPS) is 10.8. The van der Waals surface area contributed by atoms with E-state index in [1.54, 1.807) is 0 Å². The number of nitriles is 2. The minimum absolute atomic E-state index is 0.0250. The van der Waals surface area contributed by atoms with Crippen molar-refractivity contribution in [2.75, 3.05) is 31.7 Å². The van der Waals surface area contributed by atoms with E-state index in [1.807, 2.05) is 12.1 Å². The van der Waals surface area contributed by atoms with Crippen LogP contribution >= 0.6 is 0 Å². The highest BCUT2D eigenvalue weighted by Gasteiger charge is 2.33. The summed E-state index contributed by atoms with van der Waals surface area (Å²) in [5.41, 5.74) is -1.05. The molecule has 0 fully saturated rings. The van der Waals surface area contributed by atoms with Crippen LogP contribution in [0.25, 0.3) is 0 Å². The second kappa shape index (κ2) is 7.46. The van der Waals surface area contributed by atoms with Gasteiger partial charge in [-0.1, -0.05) is 0 Å². The standard InChI is InChI=1S/C13H13F3N4O/c1-21-8-7-20(6-2-5-17)12-10(9-18)3-4-11(19-12)13(14,15)16/h3-4H,2,6-8H2,1H3. The smallest absolute Gasteiger partial charge is 0.383 e. The van der Waals surface area contributed by atoms with E-state index < -0.39 is 11.9 Å². The zero-order chi connectivity index (χ0) is 15.9. The molecule has 21 heavy (non-hydrogen) atoms. The molecule has 0 saturated carbocycles. The summed E-state index contributed by atoms with van der Waals surface area (Å²) >= 11 is 0. The average Bonchev–Trinajstić information content (AvgIpc) is 2.46. The maximum Gasteiger partial charge on any atom is 0.433 e. The SMILES string of the molecule is COCCN(CCC#N)c1nc(C(F)(F)F)ccc1C#N. The highest BCUT2D eigenvalue weighted by atomic mass is 19.4. The lowest BCUT2D eigenvalue weighted by Gasteiger charge is -2.24. The molecular weight excluding hydrogens is 285 g/mol. The Labute approximate surface area is 120 Å². The number of pyridine rings is 1. The van der Waals surface area contributed by atoms with Crippen molar-refractivity contribution in [1.29, 1.82) is 10.5 Å². The molecule has 1 rings (SSSR count). The highest BCUT2D eigenvalue weighted by Crippen LogP contribution is 2.30. The van der Waals surface area contributed by atoms with Crippen molar-refractivity contribution in [2.45, 2.75) is 12.6 Å². The van der Waals surface area contributed by atoms with Crippen LogP contribution in [0.15, 0.2) is 12.1 Å². The van der Waals surface area contributed by atoms with Gasteiger partial charge in [0.2, 0.25) is 0 Å². The second-order valence-electron chi connectivity index (χ2n) is 4.07. The number of nitrogens with zero attached hydrogens (tertiary/aromatic N) is 4. The summed E-state index contributed by atoms with van der Waals surface area (Å²) < 4.78 is 43.1. The molecule has 5 nitrogen and oxygen atoms in total. The number of methoxy groups -OCH3 is 1. The van der Waals surface area contributed by atoms with Crippen LogP contribution in [0.1, 0.15) is 17.7 Å². The highest BCUT2D eigenvalue weighted by molar-refractivity contribution is 5.54. The Kier molecular flexibility index (Phi) is 5.94.